The molecule has 378 valence electrons. The minimum atomic E-state index is -0.877. The standard InChI is InChI=1S/4C18H15P.Ni/c4*1-4-10-16(11-5-1)19(17-12-6-2-7-13-17)18-14-8-3-9-15-18;/h4*1-15H;/p+4. The van der Waals surface area contributed by atoms with Crippen molar-refractivity contribution < 1.29 is 16.5 Å². The summed E-state index contributed by atoms with van der Waals surface area (Å²) in [4.78, 5) is 0. The number of rotatable bonds is 12. The van der Waals surface area contributed by atoms with Crippen LogP contribution in [0.5, 0.6) is 0 Å². The van der Waals surface area contributed by atoms with Gasteiger partial charge < -0.3 is 0 Å². The van der Waals surface area contributed by atoms with Crippen molar-refractivity contribution in [3.63, 3.8) is 0 Å². The van der Waals surface area contributed by atoms with Gasteiger partial charge in [0, 0.05) is 16.5 Å². The largest absolute Gasteiger partial charge is 0.102 e. The van der Waals surface area contributed by atoms with Gasteiger partial charge in [0.2, 0.25) is 0 Å². The Morgan fingerprint density at radius 3 is 0.234 bits per heavy atom. The summed E-state index contributed by atoms with van der Waals surface area (Å²) in [6.07, 6.45) is 0. The van der Waals surface area contributed by atoms with Gasteiger partial charge in [-0.05, 0) is 146 Å². The maximum Gasteiger partial charge on any atom is 0.102 e. The van der Waals surface area contributed by atoms with Crippen molar-refractivity contribution in [2.75, 3.05) is 0 Å². The Kier molecular flexibility index (Phi) is 22.7. The third kappa shape index (κ3) is 16.4. The van der Waals surface area contributed by atoms with E-state index in [1.54, 1.807) is 0 Å². The summed E-state index contributed by atoms with van der Waals surface area (Å²) in [6.45, 7) is 0. The molecule has 12 aromatic rings. The number of hydrogen-bond donors (Lipinski definition) is 0. The molecule has 0 bridgehead atoms. The Morgan fingerprint density at radius 2 is 0.169 bits per heavy atom. The first-order chi connectivity index (χ1) is 37.8. The van der Waals surface area contributed by atoms with Crippen molar-refractivity contribution in [2.45, 2.75) is 0 Å². The predicted molar refractivity (Wildman–Crippen MR) is 346 cm³/mol. The van der Waals surface area contributed by atoms with E-state index < -0.39 is 31.7 Å². The normalized spacial score (nSPS) is 10.4. The van der Waals surface area contributed by atoms with E-state index in [1.807, 2.05) is 0 Å². The molecule has 0 nitrogen and oxygen atoms in total. The minimum absolute atomic E-state index is 0. The van der Waals surface area contributed by atoms with Gasteiger partial charge in [-0.25, -0.2) is 0 Å². The second-order valence-corrected chi connectivity index (χ2v) is 27.8. The first kappa shape index (κ1) is 56.1. The SMILES string of the molecule is [Ni].c1ccc([PH+](c2ccccc2)c2ccccc2)cc1.c1ccc([PH+](c2ccccc2)c2ccccc2)cc1.c1ccc([PH+](c2ccccc2)c2ccccc2)cc1.c1ccc([PH+](c2ccccc2)c2ccccc2)cc1. The first-order valence-corrected chi connectivity index (χ1v) is 31.9. The van der Waals surface area contributed by atoms with Gasteiger partial charge in [-0.1, -0.05) is 218 Å². The second kappa shape index (κ2) is 31.2. The van der Waals surface area contributed by atoms with E-state index in [2.05, 4.69) is 364 Å². The Balaban J connectivity index is 0.000000135. The first-order valence-electron chi connectivity index (χ1n) is 25.9. The molecule has 0 heterocycles. The fraction of sp³-hybridized carbons (Fsp3) is 0. The number of benzene rings is 12. The monoisotopic (exact) mass is 1110 g/mol. The van der Waals surface area contributed by atoms with Crippen molar-refractivity contribution in [3.8, 4) is 0 Å². The molecular formula is C72H64NiP4+4. The summed E-state index contributed by atoms with van der Waals surface area (Å²) in [5.41, 5.74) is 0. The van der Waals surface area contributed by atoms with E-state index in [-0.39, 0.29) is 16.5 Å². The molecule has 0 saturated heterocycles. The second-order valence-electron chi connectivity index (χ2n) is 17.9. The zero-order valence-electron chi connectivity index (χ0n) is 43.0. The van der Waals surface area contributed by atoms with Crippen LogP contribution in [0, 0.1) is 0 Å². The van der Waals surface area contributed by atoms with Gasteiger partial charge in [-0.3, -0.25) is 0 Å². The third-order valence-electron chi connectivity index (χ3n) is 12.7. The van der Waals surface area contributed by atoms with Crippen LogP contribution in [0.25, 0.3) is 0 Å². The molecule has 0 atom stereocenters. The maximum absolute atomic E-state index is 2.24. The Bertz CT molecular complexity index is 2580. The molecule has 0 N–H and O–H groups in total. The molecule has 0 aliphatic carbocycles. The maximum atomic E-state index is 2.24. The molecule has 0 aromatic heterocycles. The van der Waals surface area contributed by atoms with Crippen LogP contribution in [0.4, 0.5) is 0 Å². The quantitative estimate of drug-likeness (QED) is 0.0845. The minimum Gasteiger partial charge on any atom is -0.0620 e. The van der Waals surface area contributed by atoms with Crippen molar-refractivity contribution in [2.24, 2.45) is 0 Å². The zero-order chi connectivity index (χ0) is 51.7. The Hall–Kier alpha value is -7.15. The molecule has 12 rings (SSSR count). The Morgan fingerprint density at radius 1 is 0.104 bits per heavy atom. The zero-order valence-corrected chi connectivity index (χ0v) is 47.9. The summed E-state index contributed by atoms with van der Waals surface area (Å²) in [5, 5.41) is 17.2. The van der Waals surface area contributed by atoms with Crippen LogP contribution in [0.15, 0.2) is 364 Å². The molecule has 0 aliphatic rings. The average molecular weight is 1110 g/mol. The fourth-order valence-corrected chi connectivity index (χ4v) is 19.6. The third-order valence-corrected chi connectivity index (χ3v) is 23.7. The molecule has 0 saturated carbocycles. The van der Waals surface area contributed by atoms with Gasteiger partial charge in [0.05, 0.1) is 31.7 Å². The van der Waals surface area contributed by atoms with Gasteiger partial charge in [-0.15, -0.1) is 0 Å². The van der Waals surface area contributed by atoms with Gasteiger partial charge in [0.1, 0.15) is 63.7 Å². The van der Waals surface area contributed by atoms with E-state index in [0.29, 0.717) is 0 Å². The summed E-state index contributed by atoms with van der Waals surface area (Å²) in [5.74, 6) is 0. The molecule has 0 radical (unpaired) electrons. The van der Waals surface area contributed by atoms with E-state index >= 15 is 0 Å². The smallest absolute Gasteiger partial charge is 0.0620 e. The van der Waals surface area contributed by atoms with Crippen molar-refractivity contribution >= 4 is 95.3 Å². The Labute approximate surface area is 472 Å². The van der Waals surface area contributed by atoms with E-state index in [0.717, 1.165) is 0 Å². The molecule has 0 amide bonds. The molecule has 5 heteroatoms. The topological polar surface area (TPSA) is 0 Å². The summed E-state index contributed by atoms with van der Waals surface area (Å²) in [7, 11) is -3.51. The molecule has 0 fully saturated rings. The average Bonchev–Trinajstić information content (AvgIpc) is 3.51. The summed E-state index contributed by atoms with van der Waals surface area (Å²) >= 11 is 0. The molecule has 12 aromatic carbocycles. The van der Waals surface area contributed by atoms with Gasteiger partial charge in [0.15, 0.2) is 0 Å². The van der Waals surface area contributed by atoms with Crippen LogP contribution in [0.3, 0.4) is 0 Å². The van der Waals surface area contributed by atoms with Crippen LogP contribution < -0.4 is 63.7 Å². The van der Waals surface area contributed by atoms with Crippen LogP contribution in [0.2, 0.25) is 0 Å². The van der Waals surface area contributed by atoms with Gasteiger partial charge in [-0.2, -0.15) is 0 Å². The van der Waals surface area contributed by atoms with Crippen LogP contribution >= 0.6 is 31.7 Å². The van der Waals surface area contributed by atoms with E-state index in [9.17, 15) is 0 Å². The molecule has 77 heavy (non-hydrogen) atoms. The predicted octanol–water partition coefficient (Wildman–Crippen LogP) is 12.7. The van der Waals surface area contributed by atoms with Gasteiger partial charge in [0.25, 0.3) is 0 Å². The molecule has 0 aliphatic heterocycles. The summed E-state index contributed by atoms with van der Waals surface area (Å²) < 4.78 is 0. The molecule has 0 unspecified atom stereocenters. The van der Waals surface area contributed by atoms with Crippen LogP contribution in [-0.4, -0.2) is 0 Å². The number of hydrogen-bond acceptors (Lipinski definition) is 0. The van der Waals surface area contributed by atoms with Crippen LogP contribution in [0.1, 0.15) is 0 Å². The summed E-state index contributed by atoms with van der Waals surface area (Å²) in [6, 6.07) is 130. The van der Waals surface area contributed by atoms with Crippen molar-refractivity contribution in [3.05, 3.63) is 364 Å². The van der Waals surface area contributed by atoms with E-state index in [4.69, 9.17) is 0 Å². The fourth-order valence-electron chi connectivity index (χ4n) is 9.26. The van der Waals surface area contributed by atoms with Gasteiger partial charge >= 0.3 is 0 Å². The van der Waals surface area contributed by atoms with Crippen molar-refractivity contribution in [1.29, 1.82) is 0 Å². The molecule has 0 spiro atoms. The van der Waals surface area contributed by atoms with Crippen molar-refractivity contribution in [1.82, 2.24) is 0 Å². The molecular weight excluding hydrogens is 1050 g/mol. The van der Waals surface area contributed by atoms with Crippen LogP contribution in [-0.2, 0) is 16.5 Å². The van der Waals surface area contributed by atoms with E-state index in [1.165, 1.54) is 63.7 Å².